The van der Waals surface area contributed by atoms with E-state index in [2.05, 4.69) is 22.9 Å². The largest absolute Gasteiger partial charge is 0.478 e. The summed E-state index contributed by atoms with van der Waals surface area (Å²) in [4.78, 5) is 3.32. The Hall–Kier alpha value is -1.26. The molecule has 0 aromatic rings. The van der Waals surface area contributed by atoms with Crippen molar-refractivity contribution in [3.05, 3.63) is 24.9 Å². The summed E-state index contributed by atoms with van der Waals surface area (Å²) in [6.07, 6.45) is -3.54. The molecule has 0 rings (SSSR count). The lowest BCUT2D eigenvalue weighted by atomic mass is 10.3. The molecule has 0 heterocycles. The van der Waals surface area contributed by atoms with Gasteiger partial charge >= 0.3 is 6.18 Å². The van der Waals surface area contributed by atoms with Crippen molar-refractivity contribution in [3.8, 4) is 0 Å². The van der Waals surface area contributed by atoms with Crippen molar-refractivity contribution >= 4 is 5.90 Å². The van der Waals surface area contributed by atoms with Crippen LogP contribution in [0, 0.1) is 0 Å². The molecule has 0 aliphatic rings. The molecule has 0 aliphatic heterocycles. The van der Waals surface area contributed by atoms with Gasteiger partial charge in [0.25, 0.3) is 0 Å². The van der Waals surface area contributed by atoms with Crippen LogP contribution in [-0.2, 0) is 4.74 Å². The third-order valence-electron chi connectivity index (χ3n) is 1.09. The summed E-state index contributed by atoms with van der Waals surface area (Å²) in [5, 5.41) is 0. The molecule has 0 radical (unpaired) electrons. The predicted octanol–water partition coefficient (Wildman–Crippen LogP) is 2.68. The minimum atomic E-state index is -4.52. The Morgan fingerprint density at radius 2 is 2.08 bits per heavy atom. The number of nitrogens with zero attached hydrogens (tertiary/aromatic N) is 1. The van der Waals surface area contributed by atoms with Crippen LogP contribution in [0.3, 0.4) is 0 Å². The maximum absolute atomic E-state index is 12.1. The van der Waals surface area contributed by atoms with E-state index in [4.69, 9.17) is 0 Å². The summed E-state index contributed by atoms with van der Waals surface area (Å²) in [5.74, 6) is -0.537. The van der Waals surface area contributed by atoms with Crippen LogP contribution in [0.4, 0.5) is 13.2 Å². The minimum Gasteiger partial charge on any atom is -0.478 e. The van der Waals surface area contributed by atoms with Crippen molar-refractivity contribution < 1.29 is 17.9 Å². The van der Waals surface area contributed by atoms with Crippen molar-refractivity contribution in [1.29, 1.82) is 0 Å². The van der Waals surface area contributed by atoms with E-state index in [1.54, 1.807) is 6.92 Å². The topological polar surface area (TPSA) is 21.6 Å². The average Bonchev–Trinajstić information content (AvgIpc) is 2.01. The molecule has 0 amide bonds. The average molecular weight is 193 g/mol. The molecular formula is C8H10F3NO. The Kier molecular flexibility index (Phi) is 4.23. The van der Waals surface area contributed by atoms with Gasteiger partial charge in [0.05, 0.1) is 6.61 Å². The van der Waals surface area contributed by atoms with E-state index >= 15 is 0 Å². The lowest BCUT2D eigenvalue weighted by molar-refractivity contribution is -0.0874. The van der Waals surface area contributed by atoms with E-state index in [1.165, 1.54) is 0 Å². The lowest BCUT2D eigenvalue weighted by Gasteiger charge is -2.11. The Bertz CT molecular complexity index is 230. The maximum atomic E-state index is 12.1. The smallest absolute Gasteiger partial charge is 0.421 e. The van der Waals surface area contributed by atoms with Gasteiger partial charge in [0.15, 0.2) is 0 Å². The van der Waals surface area contributed by atoms with Crippen molar-refractivity contribution in [3.63, 3.8) is 0 Å². The van der Waals surface area contributed by atoms with E-state index in [0.29, 0.717) is 0 Å². The number of ether oxygens (including phenoxy) is 1. The van der Waals surface area contributed by atoms with E-state index in [9.17, 15) is 13.2 Å². The van der Waals surface area contributed by atoms with Crippen molar-refractivity contribution in [2.75, 3.05) is 6.61 Å². The number of hydrogen-bond acceptors (Lipinski definition) is 2. The highest BCUT2D eigenvalue weighted by atomic mass is 19.4. The summed E-state index contributed by atoms with van der Waals surface area (Å²) in [6, 6.07) is 0. The molecule has 13 heavy (non-hydrogen) atoms. The molecule has 2 nitrogen and oxygen atoms in total. The summed E-state index contributed by atoms with van der Waals surface area (Å²) in [6.45, 7) is 7.66. The van der Waals surface area contributed by atoms with Crippen molar-refractivity contribution in [2.24, 2.45) is 4.99 Å². The Balaban J connectivity index is 4.66. The quantitative estimate of drug-likeness (QED) is 0.498. The van der Waals surface area contributed by atoms with Crippen LogP contribution in [0.2, 0.25) is 0 Å². The molecule has 0 fully saturated rings. The van der Waals surface area contributed by atoms with Gasteiger partial charge in [-0.1, -0.05) is 13.2 Å². The van der Waals surface area contributed by atoms with Gasteiger partial charge in [-0.15, -0.1) is 0 Å². The van der Waals surface area contributed by atoms with E-state index in [-0.39, 0.29) is 6.61 Å². The zero-order valence-electron chi connectivity index (χ0n) is 7.19. The monoisotopic (exact) mass is 193 g/mol. The van der Waals surface area contributed by atoms with E-state index in [1.807, 2.05) is 0 Å². The zero-order chi connectivity index (χ0) is 10.5. The molecule has 0 saturated heterocycles. The van der Waals surface area contributed by atoms with Crippen LogP contribution in [0.15, 0.2) is 29.9 Å². The van der Waals surface area contributed by atoms with Crippen LogP contribution >= 0.6 is 0 Å². The number of hydrogen-bond donors (Lipinski definition) is 0. The zero-order valence-corrected chi connectivity index (χ0v) is 7.19. The first-order valence-corrected chi connectivity index (χ1v) is 3.51. The van der Waals surface area contributed by atoms with Gasteiger partial charge in [0.2, 0.25) is 5.90 Å². The van der Waals surface area contributed by atoms with Crippen LogP contribution in [0.5, 0.6) is 0 Å². The van der Waals surface area contributed by atoms with Gasteiger partial charge in [-0.25, -0.2) is 4.99 Å². The minimum absolute atomic E-state index is 0.0990. The predicted molar refractivity (Wildman–Crippen MR) is 44.5 cm³/mol. The first kappa shape index (κ1) is 11.7. The Morgan fingerprint density at radius 3 is 2.38 bits per heavy atom. The Morgan fingerprint density at radius 1 is 1.54 bits per heavy atom. The van der Waals surface area contributed by atoms with Crippen LogP contribution < -0.4 is 0 Å². The number of aliphatic imine (C=N–C) groups is 1. The molecule has 0 saturated carbocycles. The van der Waals surface area contributed by atoms with E-state index < -0.39 is 17.6 Å². The SMILES string of the molecule is C=CN=C(OCC)C(=C)C(F)(F)F. The molecule has 0 bridgehead atoms. The standard InChI is InChI=1S/C8H10F3NO/c1-4-12-7(13-5-2)6(3)8(9,10)11/h4H,1,3,5H2,2H3. The molecule has 0 aromatic carbocycles. The first-order valence-electron chi connectivity index (χ1n) is 3.51. The molecule has 0 N–H and O–H groups in total. The van der Waals surface area contributed by atoms with Crippen LogP contribution in [-0.4, -0.2) is 18.7 Å². The number of alkyl halides is 3. The van der Waals surface area contributed by atoms with Crippen LogP contribution in [0.1, 0.15) is 6.92 Å². The van der Waals surface area contributed by atoms with E-state index in [0.717, 1.165) is 6.20 Å². The Labute approximate surface area is 74.4 Å². The molecule has 0 unspecified atom stereocenters. The molecule has 0 atom stereocenters. The fraction of sp³-hybridized carbons (Fsp3) is 0.375. The second-order valence-electron chi connectivity index (χ2n) is 2.03. The molecular weight excluding hydrogens is 183 g/mol. The third-order valence-corrected chi connectivity index (χ3v) is 1.09. The lowest BCUT2D eigenvalue weighted by Crippen LogP contribution is -2.21. The van der Waals surface area contributed by atoms with Gasteiger partial charge in [0.1, 0.15) is 5.57 Å². The van der Waals surface area contributed by atoms with Gasteiger partial charge in [-0.3, -0.25) is 0 Å². The highest BCUT2D eigenvalue weighted by Gasteiger charge is 2.36. The second-order valence-corrected chi connectivity index (χ2v) is 2.03. The van der Waals surface area contributed by atoms with Gasteiger partial charge in [0, 0.05) is 6.20 Å². The van der Waals surface area contributed by atoms with Gasteiger partial charge in [-0.05, 0) is 6.92 Å². The fourth-order valence-electron chi connectivity index (χ4n) is 0.543. The van der Waals surface area contributed by atoms with Gasteiger partial charge < -0.3 is 4.74 Å². The summed E-state index contributed by atoms with van der Waals surface area (Å²) in [7, 11) is 0. The number of rotatable bonds is 3. The van der Waals surface area contributed by atoms with Crippen molar-refractivity contribution in [1.82, 2.24) is 0 Å². The van der Waals surface area contributed by atoms with Gasteiger partial charge in [-0.2, -0.15) is 13.2 Å². The highest BCUT2D eigenvalue weighted by Crippen LogP contribution is 2.25. The normalized spacial score (nSPS) is 12.5. The fourth-order valence-corrected chi connectivity index (χ4v) is 0.543. The molecule has 0 aliphatic carbocycles. The third kappa shape index (κ3) is 3.78. The summed E-state index contributed by atoms with van der Waals surface area (Å²) >= 11 is 0. The van der Waals surface area contributed by atoms with Crippen molar-refractivity contribution in [2.45, 2.75) is 13.1 Å². The van der Waals surface area contributed by atoms with Crippen LogP contribution in [0.25, 0.3) is 0 Å². The number of halogens is 3. The summed E-state index contributed by atoms with van der Waals surface area (Å²) < 4.78 is 40.8. The summed E-state index contributed by atoms with van der Waals surface area (Å²) in [5.41, 5.74) is -1.10. The molecule has 0 aromatic heterocycles. The maximum Gasteiger partial charge on any atom is 0.421 e. The molecule has 5 heteroatoms. The molecule has 0 spiro atoms. The highest BCUT2D eigenvalue weighted by molar-refractivity contribution is 5.94. The molecule has 74 valence electrons. The second kappa shape index (κ2) is 4.69. The first-order chi connectivity index (χ1) is 5.93.